The number of para-hydroxylation sites is 1. The normalized spacial score (nSPS) is 13.4. The molecule has 0 aromatic heterocycles. The molecule has 1 N–H and O–H groups in total. The van der Waals surface area contributed by atoms with Crippen molar-refractivity contribution in [3.63, 3.8) is 0 Å². The molecule has 0 saturated carbocycles. The zero-order valence-electron chi connectivity index (χ0n) is 10.6. The van der Waals surface area contributed by atoms with Gasteiger partial charge in [0.15, 0.2) is 5.82 Å². The molecule has 0 atom stereocenters. The third-order valence-corrected chi connectivity index (χ3v) is 3.27. The van der Waals surface area contributed by atoms with Crippen molar-refractivity contribution in [1.29, 1.82) is 0 Å². The van der Waals surface area contributed by atoms with Gasteiger partial charge < -0.3 is 10.0 Å². The third kappa shape index (κ3) is 2.06. The molecule has 1 aliphatic rings. The van der Waals surface area contributed by atoms with Crippen LogP contribution in [0, 0.1) is 11.6 Å². The zero-order chi connectivity index (χ0) is 14.1. The van der Waals surface area contributed by atoms with E-state index in [0.717, 1.165) is 17.3 Å². The summed E-state index contributed by atoms with van der Waals surface area (Å²) in [5.74, 6) is -1.43. The van der Waals surface area contributed by atoms with Gasteiger partial charge in [-0.2, -0.15) is 0 Å². The first-order valence-electron chi connectivity index (χ1n) is 6.17. The molecular formula is C15H12F2N2O. The Balaban J connectivity index is 2.04. The number of nitrogens with zero attached hydrogens (tertiary/aromatic N) is 2. The van der Waals surface area contributed by atoms with Crippen molar-refractivity contribution in [3.05, 3.63) is 59.2 Å². The molecule has 20 heavy (non-hydrogen) atoms. The van der Waals surface area contributed by atoms with Crippen molar-refractivity contribution in [2.45, 2.75) is 13.2 Å². The van der Waals surface area contributed by atoms with Gasteiger partial charge in [0.05, 0.1) is 25.2 Å². The summed E-state index contributed by atoms with van der Waals surface area (Å²) < 4.78 is 28.1. The average molecular weight is 274 g/mol. The van der Waals surface area contributed by atoms with Crippen molar-refractivity contribution in [2.75, 3.05) is 4.90 Å². The van der Waals surface area contributed by atoms with Gasteiger partial charge in [-0.05, 0) is 17.7 Å². The predicted octanol–water partition coefficient (Wildman–Crippen LogP) is 3.14. The Hall–Kier alpha value is -2.27. The van der Waals surface area contributed by atoms with Crippen molar-refractivity contribution < 1.29 is 13.9 Å². The summed E-state index contributed by atoms with van der Waals surface area (Å²) in [5, 5.41) is 9.08. The molecule has 102 valence electrons. The molecule has 0 unspecified atom stereocenters. The van der Waals surface area contributed by atoms with Gasteiger partial charge in [-0.3, -0.25) is 0 Å². The second kappa shape index (κ2) is 5.02. The van der Waals surface area contributed by atoms with Crippen LogP contribution >= 0.6 is 0 Å². The van der Waals surface area contributed by atoms with Gasteiger partial charge in [0, 0.05) is 5.56 Å². The lowest BCUT2D eigenvalue weighted by atomic mass is 10.1. The van der Waals surface area contributed by atoms with E-state index in [1.807, 2.05) is 24.3 Å². The highest BCUT2D eigenvalue weighted by Gasteiger charge is 2.21. The fourth-order valence-electron chi connectivity index (χ4n) is 2.23. The van der Waals surface area contributed by atoms with E-state index in [-0.39, 0.29) is 11.3 Å². The Morgan fingerprint density at radius 2 is 1.95 bits per heavy atom. The third-order valence-electron chi connectivity index (χ3n) is 3.27. The van der Waals surface area contributed by atoms with Crippen LogP contribution in [0.5, 0.6) is 0 Å². The average Bonchev–Trinajstić information content (AvgIpc) is 2.47. The van der Waals surface area contributed by atoms with E-state index in [0.29, 0.717) is 6.54 Å². The van der Waals surface area contributed by atoms with Crippen LogP contribution < -0.4 is 4.90 Å². The van der Waals surface area contributed by atoms with Crippen molar-refractivity contribution in [2.24, 2.45) is 4.99 Å². The van der Waals surface area contributed by atoms with Gasteiger partial charge in [0.2, 0.25) is 0 Å². The molecule has 0 radical (unpaired) electrons. The van der Waals surface area contributed by atoms with Crippen LogP contribution in [0.1, 0.15) is 11.1 Å². The quantitative estimate of drug-likeness (QED) is 0.913. The minimum atomic E-state index is -0.752. The first kappa shape index (κ1) is 12.7. The Bertz CT molecular complexity index is 686. The Morgan fingerprint density at radius 1 is 1.15 bits per heavy atom. The highest BCUT2D eigenvalue weighted by molar-refractivity contribution is 5.84. The molecule has 0 aliphatic carbocycles. The second-order valence-electron chi connectivity index (χ2n) is 4.53. The number of rotatable bonds is 2. The molecule has 3 nitrogen and oxygen atoms in total. The van der Waals surface area contributed by atoms with E-state index in [9.17, 15) is 8.78 Å². The summed E-state index contributed by atoms with van der Waals surface area (Å²) in [6.07, 6.45) is 1.41. The number of aliphatic imine (C=N–C) groups is 1. The predicted molar refractivity (Wildman–Crippen MR) is 73.1 cm³/mol. The van der Waals surface area contributed by atoms with E-state index in [4.69, 9.17) is 5.11 Å². The summed E-state index contributed by atoms with van der Waals surface area (Å²) >= 11 is 0. The highest BCUT2D eigenvalue weighted by atomic mass is 19.1. The summed E-state index contributed by atoms with van der Waals surface area (Å²) in [5.41, 5.74) is 1.56. The molecule has 1 aliphatic heterocycles. The first-order valence-corrected chi connectivity index (χ1v) is 6.17. The molecule has 5 heteroatoms. The van der Waals surface area contributed by atoms with Gasteiger partial charge in [0.1, 0.15) is 11.5 Å². The van der Waals surface area contributed by atoms with E-state index in [1.54, 1.807) is 0 Å². The van der Waals surface area contributed by atoms with Gasteiger partial charge in [-0.25, -0.2) is 13.8 Å². The molecular weight excluding hydrogens is 262 g/mol. The monoisotopic (exact) mass is 274 g/mol. The van der Waals surface area contributed by atoms with Crippen LogP contribution in [0.2, 0.25) is 0 Å². The lowest BCUT2D eigenvalue weighted by Crippen LogP contribution is -2.25. The maximum absolute atomic E-state index is 14.2. The van der Waals surface area contributed by atoms with Crippen LogP contribution in [0.4, 0.5) is 20.2 Å². The lowest BCUT2D eigenvalue weighted by molar-refractivity contribution is 0.275. The number of benzene rings is 2. The van der Waals surface area contributed by atoms with Crippen molar-refractivity contribution >= 4 is 17.7 Å². The molecule has 0 amide bonds. The fraction of sp³-hybridized carbons (Fsp3) is 0.133. The van der Waals surface area contributed by atoms with E-state index in [1.165, 1.54) is 17.3 Å². The lowest BCUT2D eigenvalue weighted by Gasteiger charge is -2.25. The topological polar surface area (TPSA) is 35.8 Å². The second-order valence-corrected chi connectivity index (χ2v) is 4.53. The maximum atomic E-state index is 14.2. The number of aliphatic hydroxyl groups is 1. The molecule has 0 bridgehead atoms. The largest absolute Gasteiger partial charge is 0.392 e. The summed E-state index contributed by atoms with van der Waals surface area (Å²) in [6.45, 7) is -0.136. The van der Waals surface area contributed by atoms with Crippen LogP contribution in [0.25, 0.3) is 0 Å². The Morgan fingerprint density at radius 3 is 2.75 bits per heavy atom. The van der Waals surface area contributed by atoms with Crippen LogP contribution in [0.15, 0.2) is 41.4 Å². The summed E-state index contributed by atoms with van der Waals surface area (Å²) in [4.78, 5) is 5.60. The minimum Gasteiger partial charge on any atom is -0.392 e. The van der Waals surface area contributed by atoms with Crippen LogP contribution in [-0.4, -0.2) is 11.4 Å². The smallest absolute Gasteiger partial charge is 0.155 e. The molecule has 3 rings (SSSR count). The summed E-state index contributed by atoms with van der Waals surface area (Å²) in [7, 11) is 0. The first-order chi connectivity index (χ1) is 9.70. The number of hydrogen-bond donors (Lipinski definition) is 1. The molecule has 0 spiro atoms. The minimum absolute atomic E-state index is 0.0636. The van der Waals surface area contributed by atoms with E-state index < -0.39 is 18.2 Å². The van der Waals surface area contributed by atoms with Gasteiger partial charge >= 0.3 is 0 Å². The van der Waals surface area contributed by atoms with Gasteiger partial charge in [-0.1, -0.05) is 24.3 Å². The van der Waals surface area contributed by atoms with Crippen molar-refractivity contribution in [1.82, 2.24) is 0 Å². The molecule has 2 aromatic rings. The molecule has 1 heterocycles. The number of aliphatic hydroxyl groups excluding tert-OH is 1. The van der Waals surface area contributed by atoms with Crippen LogP contribution in [0.3, 0.4) is 0 Å². The standard InChI is InChI=1S/C15H12F2N2O/c16-12-6-5-11(8-20)14(17)15(12)19-7-10-3-1-2-4-13(10)18-9-19/h1-6,9,20H,7-8H2. The number of anilines is 1. The van der Waals surface area contributed by atoms with Crippen LogP contribution in [-0.2, 0) is 13.2 Å². The van der Waals surface area contributed by atoms with E-state index in [2.05, 4.69) is 4.99 Å². The van der Waals surface area contributed by atoms with Gasteiger partial charge in [0.25, 0.3) is 0 Å². The summed E-state index contributed by atoms with van der Waals surface area (Å²) in [6, 6.07) is 9.82. The molecule has 0 saturated heterocycles. The number of fused-ring (bicyclic) bond motifs is 1. The number of hydrogen-bond acceptors (Lipinski definition) is 3. The zero-order valence-corrected chi connectivity index (χ0v) is 10.6. The number of halogens is 2. The van der Waals surface area contributed by atoms with E-state index >= 15 is 0 Å². The molecule has 2 aromatic carbocycles. The van der Waals surface area contributed by atoms with Crippen molar-refractivity contribution in [3.8, 4) is 0 Å². The van der Waals surface area contributed by atoms with Gasteiger partial charge in [-0.15, -0.1) is 0 Å². The Labute approximate surface area is 114 Å². The molecule has 0 fully saturated rings. The fourth-order valence-corrected chi connectivity index (χ4v) is 2.23. The maximum Gasteiger partial charge on any atom is 0.155 e. The SMILES string of the molecule is OCc1ccc(F)c(N2C=Nc3ccccc3C2)c1F. The Kier molecular flexibility index (Phi) is 3.20. The highest BCUT2D eigenvalue weighted by Crippen LogP contribution is 2.31.